The van der Waals surface area contributed by atoms with E-state index in [0.717, 1.165) is 21.9 Å². The molecule has 1 heteroatoms. The Labute approximate surface area is 237 Å². The molecule has 0 aliphatic heterocycles. The Morgan fingerprint density at radius 1 is 0.293 bits per heavy atom. The van der Waals surface area contributed by atoms with Crippen LogP contribution in [-0.4, -0.2) is 0 Å². The van der Waals surface area contributed by atoms with Gasteiger partial charge in [0.25, 0.3) is 0 Å². The molecule has 0 spiro atoms. The molecular weight excluding hydrogens is 499 g/mol. The lowest BCUT2D eigenvalue weighted by Crippen LogP contribution is -1.92. The van der Waals surface area contributed by atoms with Crippen LogP contribution in [0.1, 0.15) is 0 Å². The highest BCUT2D eigenvalue weighted by molar-refractivity contribution is 6.22. The summed E-state index contributed by atoms with van der Waals surface area (Å²) in [4.78, 5) is 0. The maximum atomic E-state index is 14.0. The van der Waals surface area contributed by atoms with Crippen molar-refractivity contribution < 1.29 is 4.39 Å². The van der Waals surface area contributed by atoms with Gasteiger partial charge >= 0.3 is 0 Å². The van der Waals surface area contributed by atoms with Crippen molar-refractivity contribution in [2.75, 3.05) is 0 Å². The second-order valence-corrected chi connectivity index (χ2v) is 10.7. The molecule has 0 aliphatic rings. The SMILES string of the molecule is Fc1ccc(-c2c3ccccc3c(-c3ccc4c(ccc5ccccc54)c3)c3cc(-c4ccccc4)ccc23)cc1. The maximum absolute atomic E-state index is 14.0. The van der Waals surface area contributed by atoms with E-state index in [9.17, 15) is 4.39 Å². The van der Waals surface area contributed by atoms with E-state index < -0.39 is 0 Å². The van der Waals surface area contributed by atoms with Crippen LogP contribution in [0.25, 0.3) is 76.5 Å². The number of fused-ring (bicyclic) bond motifs is 5. The minimum atomic E-state index is -0.228. The van der Waals surface area contributed by atoms with Gasteiger partial charge in [-0.1, -0.05) is 127 Å². The molecule has 8 aromatic rings. The third-order valence-corrected chi connectivity index (χ3v) is 8.30. The standard InChI is InChI=1S/C40H25F/c41-32-20-16-28(17-21-32)39-35-12-6-7-13-36(35)40(38-25-29(18-23-37(38)39)26-8-2-1-3-9-26)31-19-22-34-30(24-31)15-14-27-10-4-5-11-33(27)34/h1-25H. The second-order valence-electron chi connectivity index (χ2n) is 10.7. The molecule has 0 atom stereocenters. The van der Waals surface area contributed by atoms with Gasteiger partial charge in [-0.2, -0.15) is 0 Å². The summed E-state index contributed by atoms with van der Waals surface area (Å²) in [5.74, 6) is -0.228. The quantitative estimate of drug-likeness (QED) is 0.159. The molecule has 0 unspecified atom stereocenters. The third-order valence-electron chi connectivity index (χ3n) is 8.30. The number of benzene rings is 8. The normalized spacial score (nSPS) is 11.5. The molecule has 41 heavy (non-hydrogen) atoms. The first kappa shape index (κ1) is 23.6. The van der Waals surface area contributed by atoms with E-state index in [1.165, 1.54) is 54.6 Å². The summed E-state index contributed by atoms with van der Waals surface area (Å²) in [6.45, 7) is 0. The van der Waals surface area contributed by atoms with E-state index in [1.807, 2.05) is 12.1 Å². The molecule has 0 nitrogen and oxygen atoms in total. The molecule has 8 aromatic carbocycles. The van der Waals surface area contributed by atoms with E-state index in [2.05, 4.69) is 127 Å². The van der Waals surface area contributed by atoms with Crippen molar-refractivity contribution in [3.63, 3.8) is 0 Å². The highest BCUT2D eigenvalue weighted by Gasteiger charge is 2.18. The number of rotatable bonds is 3. The van der Waals surface area contributed by atoms with Crippen molar-refractivity contribution in [1.29, 1.82) is 0 Å². The monoisotopic (exact) mass is 524 g/mol. The molecule has 0 fully saturated rings. The molecule has 0 aliphatic carbocycles. The summed E-state index contributed by atoms with van der Waals surface area (Å²) in [5, 5.41) is 9.68. The van der Waals surface area contributed by atoms with E-state index in [4.69, 9.17) is 0 Å². The van der Waals surface area contributed by atoms with Crippen LogP contribution in [0.4, 0.5) is 4.39 Å². The van der Waals surface area contributed by atoms with E-state index in [-0.39, 0.29) is 5.82 Å². The molecule has 0 heterocycles. The minimum Gasteiger partial charge on any atom is -0.207 e. The van der Waals surface area contributed by atoms with E-state index in [1.54, 1.807) is 12.1 Å². The highest BCUT2D eigenvalue weighted by Crippen LogP contribution is 2.45. The molecule has 0 amide bonds. The average molecular weight is 525 g/mol. The van der Waals surface area contributed by atoms with Gasteiger partial charge in [-0.3, -0.25) is 0 Å². The van der Waals surface area contributed by atoms with Gasteiger partial charge in [-0.25, -0.2) is 4.39 Å². The van der Waals surface area contributed by atoms with Crippen LogP contribution in [0.15, 0.2) is 152 Å². The lowest BCUT2D eigenvalue weighted by Gasteiger charge is -2.19. The molecule has 0 bridgehead atoms. The van der Waals surface area contributed by atoms with Gasteiger partial charge in [0, 0.05) is 0 Å². The maximum Gasteiger partial charge on any atom is 0.123 e. The smallest absolute Gasteiger partial charge is 0.123 e. The topological polar surface area (TPSA) is 0 Å². The highest BCUT2D eigenvalue weighted by atomic mass is 19.1. The van der Waals surface area contributed by atoms with Gasteiger partial charge in [0.2, 0.25) is 0 Å². The van der Waals surface area contributed by atoms with Crippen molar-refractivity contribution in [2.24, 2.45) is 0 Å². The van der Waals surface area contributed by atoms with Crippen molar-refractivity contribution >= 4 is 43.1 Å². The summed E-state index contributed by atoms with van der Waals surface area (Å²) in [6.07, 6.45) is 0. The Kier molecular flexibility index (Phi) is 5.43. The first-order valence-corrected chi connectivity index (χ1v) is 14.0. The van der Waals surface area contributed by atoms with Crippen LogP contribution in [-0.2, 0) is 0 Å². The molecule has 192 valence electrons. The van der Waals surface area contributed by atoms with Crippen molar-refractivity contribution in [2.45, 2.75) is 0 Å². The fourth-order valence-electron chi connectivity index (χ4n) is 6.40. The number of halogens is 1. The first-order chi connectivity index (χ1) is 20.2. The molecule has 8 rings (SSSR count). The number of hydrogen-bond donors (Lipinski definition) is 0. The van der Waals surface area contributed by atoms with Gasteiger partial charge in [-0.15, -0.1) is 0 Å². The van der Waals surface area contributed by atoms with Crippen LogP contribution in [0.3, 0.4) is 0 Å². The average Bonchev–Trinajstić information content (AvgIpc) is 3.04. The van der Waals surface area contributed by atoms with Crippen LogP contribution in [0.2, 0.25) is 0 Å². The van der Waals surface area contributed by atoms with Gasteiger partial charge in [0.15, 0.2) is 0 Å². The Bertz CT molecular complexity index is 2240. The zero-order valence-corrected chi connectivity index (χ0v) is 22.3. The Balaban J connectivity index is 1.49. The summed E-state index contributed by atoms with van der Waals surface area (Å²) in [6, 6.07) is 52.7. The summed E-state index contributed by atoms with van der Waals surface area (Å²) in [5.41, 5.74) is 6.90. The molecule has 0 saturated carbocycles. The fourth-order valence-corrected chi connectivity index (χ4v) is 6.40. The summed E-state index contributed by atoms with van der Waals surface area (Å²) < 4.78 is 14.0. The van der Waals surface area contributed by atoms with Crippen molar-refractivity contribution in [3.05, 3.63) is 157 Å². The molecular formula is C40H25F. The summed E-state index contributed by atoms with van der Waals surface area (Å²) in [7, 11) is 0. The van der Waals surface area contributed by atoms with E-state index in [0.29, 0.717) is 0 Å². The van der Waals surface area contributed by atoms with Gasteiger partial charge in [0.1, 0.15) is 5.82 Å². The second kappa shape index (κ2) is 9.43. The molecule has 0 radical (unpaired) electrons. The predicted molar refractivity (Wildman–Crippen MR) is 173 cm³/mol. The zero-order valence-electron chi connectivity index (χ0n) is 22.3. The molecule has 0 saturated heterocycles. The van der Waals surface area contributed by atoms with Gasteiger partial charge < -0.3 is 0 Å². The Morgan fingerprint density at radius 2 is 0.829 bits per heavy atom. The largest absolute Gasteiger partial charge is 0.207 e. The van der Waals surface area contributed by atoms with Crippen LogP contribution in [0, 0.1) is 5.82 Å². The Hall–Kier alpha value is -5.27. The van der Waals surface area contributed by atoms with Crippen molar-refractivity contribution in [1.82, 2.24) is 0 Å². The fraction of sp³-hybridized carbons (Fsp3) is 0. The zero-order chi connectivity index (χ0) is 27.3. The van der Waals surface area contributed by atoms with Crippen LogP contribution in [0.5, 0.6) is 0 Å². The Morgan fingerprint density at radius 3 is 1.61 bits per heavy atom. The molecule has 0 aromatic heterocycles. The predicted octanol–water partition coefficient (Wildman–Crippen LogP) is 11.4. The lowest BCUT2D eigenvalue weighted by atomic mass is 9.84. The van der Waals surface area contributed by atoms with Crippen molar-refractivity contribution in [3.8, 4) is 33.4 Å². The third kappa shape index (κ3) is 3.90. The minimum absolute atomic E-state index is 0.228. The van der Waals surface area contributed by atoms with Gasteiger partial charge in [-0.05, 0) is 101 Å². The van der Waals surface area contributed by atoms with Crippen LogP contribution >= 0.6 is 0 Å². The molecule has 0 N–H and O–H groups in total. The lowest BCUT2D eigenvalue weighted by molar-refractivity contribution is 0.628. The van der Waals surface area contributed by atoms with Gasteiger partial charge in [0.05, 0.1) is 0 Å². The summed E-state index contributed by atoms with van der Waals surface area (Å²) >= 11 is 0. The van der Waals surface area contributed by atoms with Crippen LogP contribution < -0.4 is 0 Å². The van der Waals surface area contributed by atoms with E-state index >= 15 is 0 Å². The number of hydrogen-bond acceptors (Lipinski definition) is 0. The first-order valence-electron chi connectivity index (χ1n) is 14.0.